The van der Waals surface area contributed by atoms with Crippen molar-refractivity contribution in [2.45, 2.75) is 10.8 Å². The molecule has 0 aliphatic rings. The number of nitrogens with two attached hydrogens (primary N) is 1. The van der Waals surface area contributed by atoms with Crippen molar-refractivity contribution in [1.82, 2.24) is 9.97 Å². The first-order valence-electron chi connectivity index (χ1n) is 4.80. The number of nitrogens with zero attached hydrogens (tertiary/aromatic N) is 2. The summed E-state index contributed by atoms with van der Waals surface area (Å²) in [6.45, 7) is 0.318. The maximum absolute atomic E-state index is 12.0. The Morgan fingerprint density at radius 1 is 1.33 bits per heavy atom. The number of nitrogens with one attached hydrogen (secondary N) is 1. The van der Waals surface area contributed by atoms with Gasteiger partial charge in [-0.1, -0.05) is 0 Å². The van der Waals surface area contributed by atoms with Crippen molar-refractivity contribution >= 4 is 43.1 Å². The fraction of sp³-hybridized carbons (Fsp3) is 0.111. The van der Waals surface area contributed by atoms with Gasteiger partial charge >= 0.3 is 0 Å². The van der Waals surface area contributed by atoms with Gasteiger partial charge in [0.2, 0.25) is 0 Å². The number of hydrogen-bond acceptors (Lipinski definition) is 6. The summed E-state index contributed by atoms with van der Waals surface area (Å²) in [5.74, 6) is 0.167. The van der Waals surface area contributed by atoms with Gasteiger partial charge in [-0.15, -0.1) is 11.3 Å². The summed E-state index contributed by atoms with van der Waals surface area (Å²) in [6, 6.07) is 3.20. The van der Waals surface area contributed by atoms with Crippen LogP contribution in [-0.4, -0.2) is 18.4 Å². The summed E-state index contributed by atoms with van der Waals surface area (Å²) < 4.78 is 27.1. The third kappa shape index (κ3) is 3.05. The molecule has 18 heavy (non-hydrogen) atoms. The molecule has 0 saturated carbocycles. The van der Waals surface area contributed by atoms with Crippen LogP contribution in [0.15, 0.2) is 33.3 Å². The second-order valence-corrected chi connectivity index (χ2v) is 7.14. The average molecular weight is 349 g/mol. The summed E-state index contributed by atoms with van der Waals surface area (Å²) in [4.78, 5) is 8.59. The normalized spacial score (nSPS) is 11.4. The molecule has 0 aliphatic heterocycles. The number of rotatable bonds is 4. The van der Waals surface area contributed by atoms with E-state index in [0.717, 1.165) is 16.2 Å². The highest BCUT2D eigenvalue weighted by molar-refractivity contribution is 9.10. The van der Waals surface area contributed by atoms with Gasteiger partial charge in [-0.05, 0) is 28.1 Å². The van der Waals surface area contributed by atoms with E-state index in [0.29, 0.717) is 11.1 Å². The van der Waals surface area contributed by atoms with Crippen LogP contribution >= 0.6 is 27.3 Å². The lowest BCUT2D eigenvalue weighted by Gasteiger charge is -2.04. The summed E-state index contributed by atoms with van der Waals surface area (Å²) in [5.41, 5.74) is 5.44. The Bertz CT molecular complexity index is 639. The largest absolute Gasteiger partial charge is 0.326 e. The summed E-state index contributed by atoms with van der Waals surface area (Å²) in [5, 5.41) is 0. The molecule has 0 bridgehead atoms. The molecular formula is C9H9BrN4O2S2. The predicted molar refractivity (Wildman–Crippen MR) is 72.8 cm³/mol. The fourth-order valence-electron chi connectivity index (χ4n) is 1.17. The first-order valence-corrected chi connectivity index (χ1v) is 7.89. The molecule has 0 aromatic carbocycles. The molecule has 2 heterocycles. The Hall–Kier alpha value is -1.03. The molecule has 9 heteroatoms. The first kappa shape index (κ1) is 13.4. The van der Waals surface area contributed by atoms with Crippen molar-refractivity contribution in [2.75, 3.05) is 4.72 Å². The highest BCUT2D eigenvalue weighted by atomic mass is 79.9. The maximum Gasteiger partial charge on any atom is 0.272 e. The van der Waals surface area contributed by atoms with Gasteiger partial charge in [-0.2, -0.15) is 0 Å². The van der Waals surface area contributed by atoms with Gasteiger partial charge in [0.1, 0.15) is 8.81 Å². The van der Waals surface area contributed by atoms with Gasteiger partial charge in [0.25, 0.3) is 10.0 Å². The van der Waals surface area contributed by atoms with Crippen molar-refractivity contribution in [3.63, 3.8) is 0 Å². The highest BCUT2D eigenvalue weighted by Crippen LogP contribution is 2.23. The maximum atomic E-state index is 12.0. The molecule has 2 rings (SSSR count). The average Bonchev–Trinajstić information content (AvgIpc) is 2.81. The second-order valence-electron chi connectivity index (χ2n) is 3.25. The molecular weight excluding hydrogens is 340 g/mol. The standard InChI is InChI=1S/C9H9BrN4O2S2/c10-7-4-13-8(5-12-7)14-18(15,16)9-2-1-6(3-11)17-9/h1-2,4-5H,3,11H2,(H,13,14). The minimum atomic E-state index is -3.62. The van der Waals surface area contributed by atoms with E-state index in [1.54, 1.807) is 6.07 Å². The van der Waals surface area contributed by atoms with Gasteiger partial charge in [0.05, 0.1) is 12.4 Å². The van der Waals surface area contributed by atoms with E-state index in [2.05, 4.69) is 30.6 Å². The Morgan fingerprint density at radius 3 is 2.67 bits per heavy atom. The van der Waals surface area contributed by atoms with Crippen LogP contribution < -0.4 is 10.5 Å². The molecule has 0 unspecified atom stereocenters. The number of halogens is 1. The van der Waals surface area contributed by atoms with Crippen molar-refractivity contribution in [3.8, 4) is 0 Å². The first-order chi connectivity index (χ1) is 8.51. The van der Waals surface area contributed by atoms with E-state index in [4.69, 9.17) is 5.73 Å². The predicted octanol–water partition coefficient (Wildman–Crippen LogP) is 1.56. The fourth-order valence-corrected chi connectivity index (χ4v) is 3.60. The zero-order valence-electron chi connectivity index (χ0n) is 9.00. The van der Waals surface area contributed by atoms with Crippen LogP contribution in [0.4, 0.5) is 5.82 Å². The molecule has 0 spiro atoms. The summed E-state index contributed by atoms with van der Waals surface area (Å²) in [7, 11) is -3.62. The third-order valence-corrected chi connectivity index (χ3v) is 5.33. The summed E-state index contributed by atoms with van der Waals surface area (Å²) >= 11 is 4.25. The SMILES string of the molecule is NCc1ccc(S(=O)(=O)Nc2cnc(Br)cn2)s1. The van der Waals surface area contributed by atoms with Crippen molar-refractivity contribution in [1.29, 1.82) is 0 Å². The topological polar surface area (TPSA) is 98.0 Å². The number of sulfonamides is 1. The van der Waals surface area contributed by atoms with Crippen LogP contribution in [0.1, 0.15) is 4.88 Å². The van der Waals surface area contributed by atoms with Crippen LogP contribution in [0, 0.1) is 0 Å². The van der Waals surface area contributed by atoms with E-state index in [1.807, 2.05) is 0 Å². The van der Waals surface area contributed by atoms with Crippen molar-refractivity contribution in [3.05, 3.63) is 34.0 Å². The van der Waals surface area contributed by atoms with Gasteiger partial charge in [-0.25, -0.2) is 18.4 Å². The van der Waals surface area contributed by atoms with Gasteiger partial charge in [0.15, 0.2) is 5.82 Å². The Morgan fingerprint density at radius 2 is 2.11 bits per heavy atom. The molecule has 3 N–H and O–H groups in total. The molecule has 2 aromatic rings. The van der Waals surface area contributed by atoms with Gasteiger partial charge in [-0.3, -0.25) is 4.72 Å². The van der Waals surface area contributed by atoms with Crippen LogP contribution in [0.2, 0.25) is 0 Å². The smallest absolute Gasteiger partial charge is 0.272 e. The summed E-state index contributed by atoms with van der Waals surface area (Å²) in [6.07, 6.45) is 2.75. The van der Waals surface area contributed by atoms with E-state index in [9.17, 15) is 8.42 Å². The van der Waals surface area contributed by atoms with Crippen molar-refractivity contribution < 1.29 is 8.42 Å². The van der Waals surface area contributed by atoms with E-state index < -0.39 is 10.0 Å². The lowest BCUT2D eigenvalue weighted by atomic mass is 10.5. The lowest BCUT2D eigenvalue weighted by molar-refractivity contribution is 0.603. The number of anilines is 1. The third-order valence-electron chi connectivity index (χ3n) is 1.96. The molecule has 96 valence electrons. The molecule has 0 amide bonds. The molecule has 0 radical (unpaired) electrons. The zero-order chi connectivity index (χ0) is 13.2. The molecule has 6 nitrogen and oxygen atoms in total. The minimum absolute atomic E-state index is 0.167. The monoisotopic (exact) mass is 348 g/mol. The number of hydrogen-bond donors (Lipinski definition) is 2. The number of thiophene rings is 1. The van der Waals surface area contributed by atoms with Crippen LogP contribution in [0.25, 0.3) is 0 Å². The molecule has 0 fully saturated rings. The van der Waals surface area contributed by atoms with Crippen LogP contribution in [-0.2, 0) is 16.6 Å². The minimum Gasteiger partial charge on any atom is -0.326 e. The Labute approximate surface area is 116 Å². The van der Waals surface area contributed by atoms with Crippen molar-refractivity contribution in [2.24, 2.45) is 5.73 Å². The van der Waals surface area contributed by atoms with Gasteiger partial charge < -0.3 is 5.73 Å². The lowest BCUT2D eigenvalue weighted by Crippen LogP contribution is -2.12. The molecule has 0 saturated heterocycles. The Kier molecular flexibility index (Phi) is 3.95. The van der Waals surface area contributed by atoms with E-state index in [-0.39, 0.29) is 10.0 Å². The van der Waals surface area contributed by atoms with Crippen LogP contribution in [0.5, 0.6) is 0 Å². The second kappa shape index (κ2) is 5.31. The molecule has 0 atom stereocenters. The zero-order valence-corrected chi connectivity index (χ0v) is 12.2. The Balaban J connectivity index is 2.24. The van der Waals surface area contributed by atoms with Crippen LogP contribution in [0.3, 0.4) is 0 Å². The molecule has 2 aromatic heterocycles. The number of aromatic nitrogens is 2. The van der Waals surface area contributed by atoms with Gasteiger partial charge in [0, 0.05) is 11.4 Å². The van der Waals surface area contributed by atoms with E-state index in [1.165, 1.54) is 18.5 Å². The highest BCUT2D eigenvalue weighted by Gasteiger charge is 2.17. The van der Waals surface area contributed by atoms with E-state index >= 15 is 0 Å². The molecule has 0 aliphatic carbocycles. The quantitative estimate of drug-likeness (QED) is 0.873.